The maximum absolute atomic E-state index is 13.3. The van der Waals surface area contributed by atoms with Crippen molar-refractivity contribution in [1.29, 1.82) is 5.26 Å². The van der Waals surface area contributed by atoms with Gasteiger partial charge in [-0.05, 0) is 47.0 Å². The molecule has 1 aromatic carbocycles. The van der Waals surface area contributed by atoms with Crippen molar-refractivity contribution in [3.63, 3.8) is 0 Å². The van der Waals surface area contributed by atoms with Crippen molar-refractivity contribution in [3.05, 3.63) is 34.1 Å². The predicted molar refractivity (Wildman–Crippen MR) is 73.0 cm³/mol. The quantitative estimate of drug-likeness (QED) is 0.799. The lowest BCUT2D eigenvalue weighted by Crippen LogP contribution is -2.39. The zero-order valence-electron chi connectivity index (χ0n) is 10.4. The molecule has 1 fully saturated rings. The first-order valence-electron chi connectivity index (χ1n) is 6.26. The van der Waals surface area contributed by atoms with E-state index in [-0.39, 0.29) is 24.1 Å². The van der Waals surface area contributed by atoms with Crippen LogP contribution in [0.5, 0.6) is 0 Å². The second kappa shape index (κ2) is 6.16. The highest BCUT2D eigenvalue weighted by atomic mass is 79.9. The van der Waals surface area contributed by atoms with Crippen LogP contribution in [-0.4, -0.2) is 23.4 Å². The Morgan fingerprint density at radius 3 is 2.79 bits per heavy atom. The summed E-state index contributed by atoms with van der Waals surface area (Å²) in [5.41, 5.74) is 0.280. The second-order valence-electron chi connectivity index (χ2n) is 4.65. The monoisotopic (exact) mass is 324 g/mol. The summed E-state index contributed by atoms with van der Waals surface area (Å²) in [5.74, 6) is -0.727. The van der Waals surface area contributed by atoms with Crippen molar-refractivity contribution in [2.75, 3.05) is 6.54 Å². The molecule has 1 aliphatic carbocycles. The highest BCUT2D eigenvalue weighted by Crippen LogP contribution is 2.27. The van der Waals surface area contributed by atoms with Crippen LogP contribution in [0.4, 0.5) is 4.39 Å². The van der Waals surface area contributed by atoms with Gasteiger partial charge < -0.3 is 4.90 Å². The molecule has 100 valence electrons. The number of nitriles is 1. The minimum atomic E-state index is -0.449. The van der Waals surface area contributed by atoms with Crippen LogP contribution in [0.3, 0.4) is 0 Å². The topological polar surface area (TPSA) is 44.1 Å². The van der Waals surface area contributed by atoms with E-state index in [1.165, 1.54) is 18.2 Å². The number of hydrogen-bond acceptors (Lipinski definition) is 2. The van der Waals surface area contributed by atoms with Gasteiger partial charge in [-0.15, -0.1) is 0 Å². The third-order valence-corrected chi connectivity index (χ3v) is 4.12. The number of rotatable bonds is 3. The Bertz CT molecular complexity index is 521. The van der Waals surface area contributed by atoms with E-state index in [4.69, 9.17) is 5.26 Å². The van der Waals surface area contributed by atoms with Crippen LogP contribution in [0.25, 0.3) is 0 Å². The molecule has 0 atom stereocenters. The maximum Gasteiger partial charge on any atom is 0.256 e. The van der Waals surface area contributed by atoms with E-state index in [9.17, 15) is 9.18 Å². The molecular formula is C14H14BrFN2O. The van der Waals surface area contributed by atoms with Crippen LogP contribution in [0.2, 0.25) is 0 Å². The molecule has 1 aromatic rings. The fourth-order valence-corrected chi connectivity index (χ4v) is 2.89. The molecule has 2 rings (SSSR count). The maximum atomic E-state index is 13.3. The molecule has 19 heavy (non-hydrogen) atoms. The van der Waals surface area contributed by atoms with Crippen molar-refractivity contribution in [2.45, 2.75) is 31.7 Å². The first-order chi connectivity index (χ1) is 9.13. The molecule has 0 aromatic heterocycles. The van der Waals surface area contributed by atoms with Crippen molar-refractivity contribution >= 4 is 21.8 Å². The van der Waals surface area contributed by atoms with Gasteiger partial charge >= 0.3 is 0 Å². The SMILES string of the molecule is N#CCN(C(=O)c1cc(F)ccc1Br)C1CCCC1. The number of carbonyl (C=O) groups excluding carboxylic acids is 1. The van der Waals surface area contributed by atoms with Gasteiger partial charge in [0.05, 0.1) is 11.6 Å². The highest BCUT2D eigenvalue weighted by Gasteiger charge is 2.28. The number of nitrogens with zero attached hydrogens (tertiary/aromatic N) is 2. The van der Waals surface area contributed by atoms with Crippen molar-refractivity contribution in [2.24, 2.45) is 0 Å². The van der Waals surface area contributed by atoms with Crippen LogP contribution in [0.15, 0.2) is 22.7 Å². The van der Waals surface area contributed by atoms with Gasteiger partial charge in [0.15, 0.2) is 0 Å². The number of halogens is 2. The average Bonchev–Trinajstić information content (AvgIpc) is 2.92. The zero-order valence-corrected chi connectivity index (χ0v) is 12.0. The first kappa shape index (κ1) is 14.0. The number of benzene rings is 1. The van der Waals surface area contributed by atoms with E-state index in [0.29, 0.717) is 4.47 Å². The van der Waals surface area contributed by atoms with Gasteiger partial charge in [-0.1, -0.05) is 12.8 Å². The molecule has 3 nitrogen and oxygen atoms in total. The standard InChI is InChI=1S/C14H14BrFN2O/c15-13-6-5-10(16)9-12(13)14(19)18(8-7-17)11-3-1-2-4-11/h5-6,9,11H,1-4,8H2. The fourth-order valence-electron chi connectivity index (χ4n) is 2.47. The van der Waals surface area contributed by atoms with E-state index in [1.807, 2.05) is 6.07 Å². The largest absolute Gasteiger partial charge is 0.322 e. The summed E-state index contributed by atoms with van der Waals surface area (Å²) in [7, 11) is 0. The van der Waals surface area contributed by atoms with Gasteiger partial charge in [-0.2, -0.15) is 5.26 Å². The lowest BCUT2D eigenvalue weighted by atomic mass is 10.1. The molecule has 1 aliphatic rings. The van der Waals surface area contributed by atoms with Crippen LogP contribution >= 0.6 is 15.9 Å². The number of hydrogen-bond donors (Lipinski definition) is 0. The van der Waals surface area contributed by atoms with Crippen molar-refractivity contribution < 1.29 is 9.18 Å². The van der Waals surface area contributed by atoms with Crippen LogP contribution in [0, 0.1) is 17.1 Å². The van der Waals surface area contributed by atoms with Crippen molar-refractivity contribution in [1.82, 2.24) is 4.90 Å². The summed E-state index contributed by atoms with van der Waals surface area (Å²) in [4.78, 5) is 14.0. The Morgan fingerprint density at radius 1 is 1.47 bits per heavy atom. The Labute approximate surface area is 120 Å². The molecule has 0 N–H and O–H groups in total. The third-order valence-electron chi connectivity index (χ3n) is 3.43. The second-order valence-corrected chi connectivity index (χ2v) is 5.51. The van der Waals surface area contributed by atoms with E-state index < -0.39 is 5.82 Å². The van der Waals surface area contributed by atoms with Crippen LogP contribution < -0.4 is 0 Å². The van der Waals surface area contributed by atoms with Gasteiger partial charge in [0.2, 0.25) is 0 Å². The van der Waals surface area contributed by atoms with E-state index >= 15 is 0 Å². The summed E-state index contributed by atoms with van der Waals surface area (Å²) < 4.78 is 13.8. The highest BCUT2D eigenvalue weighted by molar-refractivity contribution is 9.10. The van der Waals surface area contributed by atoms with Gasteiger partial charge in [-0.3, -0.25) is 4.79 Å². The molecular weight excluding hydrogens is 311 g/mol. The molecule has 0 radical (unpaired) electrons. The van der Waals surface area contributed by atoms with Crippen molar-refractivity contribution in [3.8, 4) is 6.07 Å². The summed E-state index contributed by atoms with van der Waals surface area (Å²) in [6, 6.07) is 6.15. The van der Waals surface area contributed by atoms with Gasteiger partial charge in [0.1, 0.15) is 12.4 Å². The van der Waals surface area contributed by atoms with Gasteiger partial charge in [-0.25, -0.2) is 4.39 Å². The predicted octanol–water partition coefficient (Wildman–Crippen LogP) is 3.50. The Hall–Kier alpha value is -1.41. The van der Waals surface area contributed by atoms with E-state index in [0.717, 1.165) is 25.7 Å². The summed E-state index contributed by atoms with van der Waals surface area (Å²) in [5, 5.41) is 8.89. The summed E-state index contributed by atoms with van der Waals surface area (Å²) in [6.45, 7) is 0.0481. The van der Waals surface area contributed by atoms with Crippen LogP contribution in [-0.2, 0) is 0 Å². The molecule has 0 unspecified atom stereocenters. The molecule has 0 bridgehead atoms. The summed E-state index contributed by atoms with van der Waals surface area (Å²) in [6.07, 6.45) is 3.98. The van der Waals surface area contributed by atoms with E-state index in [2.05, 4.69) is 15.9 Å². The Kier molecular flexibility index (Phi) is 4.54. The minimum absolute atomic E-state index is 0.0481. The zero-order chi connectivity index (χ0) is 13.8. The lowest BCUT2D eigenvalue weighted by molar-refractivity contribution is 0.0708. The smallest absolute Gasteiger partial charge is 0.256 e. The molecule has 0 heterocycles. The van der Waals surface area contributed by atoms with Gasteiger partial charge in [0.25, 0.3) is 5.91 Å². The lowest BCUT2D eigenvalue weighted by Gasteiger charge is -2.26. The van der Waals surface area contributed by atoms with Crippen LogP contribution in [0.1, 0.15) is 36.0 Å². The summed E-state index contributed by atoms with van der Waals surface area (Å²) >= 11 is 3.26. The molecule has 1 saturated carbocycles. The third kappa shape index (κ3) is 3.13. The minimum Gasteiger partial charge on any atom is -0.322 e. The Morgan fingerprint density at radius 2 is 2.16 bits per heavy atom. The molecule has 5 heteroatoms. The fraction of sp³-hybridized carbons (Fsp3) is 0.429. The molecule has 1 amide bonds. The molecule has 0 aliphatic heterocycles. The average molecular weight is 325 g/mol. The van der Waals surface area contributed by atoms with E-state index in [1.54, 1.807) is 4.90 Å². The number of carbonyl (C=O) groups is 1. The Balaban J connectivity index is 2.28. The first-order valence-corrected chi connectivity index (χ1v) is 7.05. The molecule has 0 spiro atoms. The van der Waals surface area contributed by atoms with Gasteiger partial charge in [0, 0.05) is 10.5 Å². The molecule has 0 saturated heterocycles. The number of amides is 1. The normalized spacial score (nSPS) is 15.2.